The Bertz CT molecular complexity index is 970. The number of hydrogen-bond donors (Lipinski definition) is 0. The summed E-state index contributed by atoms with van der Waals surface area (Å²) in [5.74, 6) is -1.83. The molecule has 11 heteroatoms. The lowest BCUT2D eigenvalue weighted by atomic mass is 9.94. The second kappa shape index (κ2) is 8.42. The molecular weight excluding hydrogens is 406 g/mol. The van der Waals surface area contributed by atoms with Gasteiger partial charge >= 0.3 is 11.9 Å². The number of ether oxygens (including phenoxy) is 3. The van der Waals surface area contributed by atoms with Crippen molar-refractivity contribution in [2.24, 2.45) is 0 Å². The topological polar surface area (TPSA) is 126 Å². The second-order valence-corrected chi connectivity index (χ2v) is 8.15. The molecule has 2 atom stereocenters. The van der Waals surface area contributed by atoms with Crippen LogP contribution >= 0.6 is 0 Å². The second-order valence-electron chi connectivity index (χ2n) is 8.15. The Balaban J connectivity index is 1.90. The van der Waals surface area contributed by atoms with Crippen LogP contribution < -0.4 is 4.90 Å². The van der Waals surface area contributed by atoms with Gasteiger partial charge in [0, 0.05) is 19.2 Å². The van der Waals surface area contributed by atoms with Gasteiger partial charge in [0.05, 0.1) is 31.2 Å². The zero-order chi connectivity index (χ0) is 22.8. The number of morpholine rings is 1. The Morgan fingerprint density at radius 2 is 2.00 bits per heavy atom. The molecule has 1 aliphatic heterocycles. The van der Waals surface area contributed by atoms with E-state index in [9.17, 15) is 14.4 Å². The monoisotopic (exact) mass is 431 g/mol. The van der Waals surface area contributed by atoms with E-state index in [1.165, 1.54) is 24.2 Å². The number of anilines is 1. The van der Waals surface area contributed by atoms with Crippen molar-refractivity contribution in [1.29, 1.82) is 0 Å². The molecule has 166 valence electrons. The zero-order valence-electron chi connectivity index (χ0n) is 18.1. The molecule has 1 aliphatic rings. The van der Waals surface area contributed by atoms with Crippen LogP contribution in [-0.2, 0) is 28.6 Å². The van der Waals surface area contributed by atoms with Crippen molar-refractivity contribution in [1.82, 2.24) is 20.0 Å². The number of carbonyl (C=O) groups is 3. The first kappa shape index (κ1) is 22.3. The number of rotatable bonds is 5. The molecule has 0 saturated carbocycles. The largest absolute Gasteiger partial charge is 0.457 e. The van der Waals surface area contributed by atoms with E-state index in [2.05, 4.69) is 15.3 Å². The highest BCUT2D eigenvalue weighted by Gasteiger charge is 2.54. The van der Waals surface area contributed by atoms with E-state index in [0.29, 0.717) is 11.5 Å². The maximum absolute atomic E-state index is 13.4. The minimum atomic E-state index is -1.78. The van der Waals surface area contributed by atoms with E-state index < -0.39 is 35.2 Å². The molecule has 31 heavy (non-hydrogen) atoms. The molecule has 0 unspecified atom stereocenters. The molecule has 11 nitrogen and oxygen atoms in total. The summed E-state index contributed by atoms with van der Waals surface area (Å²) in [7, 11) is 0. The number of hydrogen-bond acceptors (Lipinski definition) is 9. The summed E-state index contributed by atoms with van der Waals surface area (Å²) in [5, 5.41) is 12.0. The van der Waals surface area contributed by atoms with Crippen LogP contribution in [0.5, 0.6) is 0 Å². The van der Waals surface area contributed by atoms with Crippen LogP contribution in [-0.4, -0.2) is 68.3 Å². The van der Waals surface area contributed by atoms with Gasteiger partial charge in [-0.05, 0) is 33.8 Å². The predicted molar refractivity (Wildman–Crippen MR) is 107 cm³/mol. The van der Waals surface area contributed by atoms with E-state index in [1.54, 1.807) is 43.8 Å². The van der Waals surface area contributed by atoms with Gasteiger partial charge in [0.1, 0.15) is 5.60 Å². The quantitative estimate of drug-likeness (QED) is 0.639. The summed E-state index contributed by atoms with van der Waals surface area (Å²) < 4.78 is 17.8. The van der Waals surface area contributed by atoms with E-state index >= 15 is 0 Å². The Morgan fingerprint density at radius 1 is 1.26 bits per heavy atom. The Morgan fingerprint density at radius 3 is 2.61 bits per heavy atom. The van der Waals surface area contributed by atoms with Crippen molar-refractivity contribution in [2.75, 3.05) is 18.1 Å². The van der Waals surface area contributed by atoms with E-state index in [1.807, 2.05) is 0 Å². The number of amides is 1. The fourth-order valence-corrected chi connectivity index (χ4v) is 3.11. The Kier molecular flexibility index (Phi) is 6.07. The molecule has 2 aromatic rings. The van der Waals surface area contributed by atoms with Gasteiger partial charge < -0.3 is 14.2 Å². The van der Waals surface area contributed by atoms with Gasteiger partial charge in [-0.15, -0.1) is 5.10 Å². The van der Waals surface area contributed by atoms with Gasteiger partial charge in [0.2, 0.25) is 6.10 Å². The molecule has 0 aromatic carbocycles. The number of aromatic nitrogens is 4. The first-order valence-corrected chi connectivity index (χ1v) is 9.70. The summed E-state index contributed by atoms with van der Waals surface area (Å²) in [5.41, 5.74) is -1.97. The lowest BCUT2D eigenvalue weighted by molar-refractivity contribution is -0.201. The Hall–Kier alpha value is -3.34. The summed E-state index contributed by atoms with van der Waals surface area (Å²) in [6, 6.07) is 3.37. The average Bonchev–Trinajstić information content (AvgIpc) is 3.17. The van der Waals surface area contributed by atoms with E-state index in [-0.39, 0.29) is 13.2 Å². The maximum Gasteiger partial charge on any atom is 0.351 e. The number of nitrogens with zero attached hydrogens (tertiary/aromatic N) is 5. The van der Waals surface area contributed by atoms with E-state index in [4.69, 9.17) is 14.2 Å². The van der Waals surface area contributed by atoms with Crippen LogP contribution in [0.15, 0.2) is 30.7 Å². The maximum atomic E-state index is 13.4. The third-order valence-electron chi connectivity index (χ3n) is 4.48. The van der Waals surface area contributed by atoms with Crippen molar-refractivity contribution in [3.8, 4) is 5.69 Å². The highest BCUT2D eigenvalue weighted by Crippen LogP contribution is 2.30. The molecule has 1 fully saturated rings. The highest BCUT2D eigenvalue weighted by molar-refractivity contribution is 6.03. The van der Waals surface area contributed by atoms with Crippen LogP contribution in [0.2, 0.25) is 0 Å². The van der Waals surface area contributed by atoms with Crippen molar-refractivity contribution >= 4 is 23.7 Å². The summed E-state index contributed by atoms with van der Waals surface area (Å²) in [4.78, 5) is 39.3. The van der Waals surface area contributed by atoms with Crippen LogP contribution in [0.25, 0.3) is 5.69 Å². The summed E-state index contributed by atoms with van der Waals surface area (Å²) in [6.07, 6.45) is 3.15. The van der Waals surface area contributed by atoms with Crippen molar-refractivity contribution < 1.29 is 28.6 Å². The molecule has 0 N–H and O–H groups in total. The summed E-state index contributed by atoms with van der Waals surface area (Å²) in [6.45, 7) is 7.89. The lowest BCUT2D eigenvalue weighted by Crippen LogP contribution is -2.64. The molecule has 1 saturated heterocycles. The molecule has 0 spiro atoms. The van der Waals surface area contributed by atoms with Crippen LogP contribution in [0.3, 0.4) is 0 Å². The van der Waals surface area contributed by atoms with Crippen LogP contribution in [0.1, 0.15) is 34.6 Å². The normalized spacial score (nSPS) is 20.3. The van der Waals surface area contributed by atoms with Gasteiger partial charge in [-0.2, -0.15) is 10.2 Å². The molecule has 0 bridgehead atoms. The van der Waals surface area contributed by atoms with Crippen LogP contribution in [0, 0.1) is 0 Å². The Labute approximate surface area is 179 Å². The lowest BCUT2D eigenvalue weighted by Gasteiger charge is -2.41. The molecule has 0 aliphatic carbocycles. The third-order valence-corrected chi connectivity index (χ3v) is 4.48. The molecule has 0 radical (unpaired) electrons. The van der Waals surface area contributed by atoms with E-state index in [0.717, 1.165) is 6.92 Å². The van der Waals surface area contributed by atoms with Gasteiger partial charge in [-0.1, -0.05) is 0 Å². The van der Waals surface area contributed by atoms with Gasteiger partial charge in [-0.25, -0.2) is 9.48 Å². The van der Waals surface area contributed by atoms with Crippen LogP contribution in [0.4, 0.5) is 5.82 Å². The minimum absolute atomic E-state index is 0.104. The predicted octanol–water partition coefficient (Wildman–Crippen LogP) is 1.06. The molecular formula is C20H25N5O6. The first-order valence-electron chi connectivity index (χ1n) is 9.70. The zero-order valence-corrected chi connectivity index (χ0v) is 18.1. The minimum Gasteiger partial charge on any atom is -0.457 e. The molecule has 1 amide bonds. The van der Waals surface area contributed by atoms with Gasteiger partial charge in [-0.3, -0.25) is 14.5 Å². The van der Waals surface area contributed by atoms with Gasteiger partial charge in [0.25, 0.3) is 5.91 Å². The molecule has 3 heterocycles. The summed E-state index contributed by atoms with van der Waals surface area (Å²) >= 11 is 0. The third kappa shape index (κ3) is 4.88. The average molecular weight is 431 g/mol. The van der Waals surface area contributed by atoms with Crippen molar-refractivity contribution in [3.05, 3.63) is 30.7 Å². The fraction of sp³-hybridized carbons (Fsp3) is 0.500. The first-order chi connectivity index (χ1) is 14.5. The highest BCUT2D eigenvalue weighted by atomic mass is 16.6. The van der Waals surface area contributed by atoms with Crippen molar-refractivity contribution in [3.63, 3.8) is 0 Å². The fourth-order valence-electron chi connectivity index (χ4n) is 3.11. The number of carbonyl (C=O) groups excluding carboxylic acids is 3. The van der Waals surface area contributed by atoms with Gasteiger partial charge in [0.15, 0.2) is 11.4 Å². The van der Waals surface area contributed by atoms with Crippen molar-refractivity contribution in [2.45, 2.75) is 51.9 Å². The number of esters is 2. The molecule has 3 rings (SSSR count). The SMILES string of the molecule is CC(=O)O[C@@H](C(=O)OC(C)(C)C)[C@@]1(C)OCCN(c2ccn(-c3ccnnc3)n2)C1=O. The standard InChI is InChI=1S/C20H25N5O6/c1-13(26)30-16(17(27)31-19(2,3)4)20(5)18(28)24(10-11-29-20)15-7-9-25(23-15)14-6-8-21-22-12-14/h6-9,12,16H,10-11H2,1-5H3/t16-,20+/m0/s1. The molecule has 2 aromatic heterocycles. The smallest absolute Gasteiger partial charge is 0.351 e.